The largest absolute Gasteiger partial charge is 0.388 e. The summed E-state index contributed by atoms with van der Waals surface area (Å²) in [5.74, 6) is -1.20. The summed E-state index contributed by atoms with van der Waals surface area (Å²) in [6, 6.07) is 3.18. The summed E-state index contributed by atoms with van der Waals surface area (Å²) in [4.78, 5) is 13.5. The second-order valence-corrected chi connectivity index (χ2v) is 6.84. The Kier molecular flexibility index (Phi) is 5.64. The molecule has 0 spiro atoms. The van der Waals surface area contributed by atoms with E-state index in [9.17, 15) is 18.7 Å². The zero-order valence-electron chi connectivity index (χ0n) is 14.3. The van der Waals surface area contributed by atoms with Crippen LogP contribution < -0.4 is 15.5 Å². The van der Waals surface area contributed by atoms with Gasteiger partial charge in [-0.25, -0.2) is 13.6 Å². The van der Waals surface area contributed by atoms with Crippen molar-refractivity contribution in [3.05, 3.63) is 29.8 Å². The number of aliphatic hydroxyl groups is 1. The number of carbonyl (C=O) groups excluding carboxylic acids is 1. The van der Waals surface area contributed by atoms with Gasteiger partial charge in [0.05, 0.1) is 5.60 Å². The number of halogens is 2. The Balaban J connectivity index is 1.87. The third-order valence-electron chi connectivity index (χ3n) is 4.63. The van der Waals surface area contributed by atoms with E-state index in [2.05, 4.69) is 10.6 Å². The maximum absolute atomic E-state index is 13.8. The minimum absolute atomic E-state index is 0.00352. The van der Waals surface area contributed by atoms with Crippen LogP contribution in [0.25, 0.3) is 0 Å². The maximum atomic E-state index is 13.8. The average molecular weight is 341 g/mol. The maximum Gasteiger partial charge on any atom is 0.315 e. The van der Waals surface area contributed by atoms with Gasteiger partial charge < -0.3 is 20.6 Å². The van der Waals surface area contributed by atoms with Crippen LogP contribution in [0, 0.1) is 17.6 Å². The molecule has 1 saturated heterocycles. The number of carbonyl (C=O) groups is 1. The van der Waals surface area contributed by atoms with Gasteiger partial charge in [0.1, 0.15) is 17.3 Å². The predicted octanol–water partition coefficient (Wildman–Crippen LogP) is 2.25. The quantitative estimate of drug-likeness (QED) is 0.770. The van der Waals surface area contributed by atoms with Crippen molar-refractivity contribution in [2.45, 2.75) is 38.8 Å². The van der Waals surface area contributed by atoms with Gasteiger partial charge in [-0.3, -0.25) is 0 Å². The summed E-state index contributed by atoms with van der Waals surface area (Å²) in [6.07, 6.45) is 0.599. The summed E-state index contributed by atoms with van der Waals surface area (Å²) in [5.41, 5.74) is -1.04. The van der Waals surface area contributed by atoms with Crippen LogP contribution in [0.5, 0.6) is 0 Å². The predicted molar refractivity (Wildman–Crippen MR) is 89.0 cm³/mol. The molecule has 1 fully saturated rings. The first-order valence-corrected chi connectivity index (χ1v) is 8.16. The fraction of sp³-hybridized carbons (Fsp3) is 0.588. The number of rotatable bonds is 5. The molecule has 1 aliphatic heterocycles. The lowest BCUT2D eigenvalue weighted by molar-refractivity contribution is 0.0165. The fourth-order valence-corrected chi connectivity index (χ4v) is 2.57. The van der Waals surface area contributed by atoms with Crippen molar-refractivity contribution < 1.29 is 18.7 Å². The topological polar surface area (TPSA) is 64.6 Å². The monoisotopic (exact) mass is 341 g/mol. The number of nitrogens with one attached hydrogen (secondary N) is 2. The van der Waals surface area contributed by atoms with Crippen molar-refractivity contribution in [3.63, 3.8) is 0 Å². The Hall–Kier alpha value is -1.89. The first kappa shape index (κ1) is 18.4. The molecule has 0 aliphatic carbocycles. The molecule has 7 heteroatoms. The highest BCUT2D eigenvalue weighted by Crippen LogP contribution is 2.26. The molecule has 1 aliphatic rings. The van der Waals surface area contributed by atoms with Crippen LogP contribution in [0.15, 0.2) is 18.2 Å². The summed E-state index contributed by atoms with van der Waals surface area (Å²) in [6.45, 7) is 6.35. The summed E-state index contributed by atoms with van der Waals surface area (Å²) < 4.78 is 27.6. The first-order valence-electron chi connectivity index (χ1n) is 8.16. The lowest BCUT2D eigenvalue weighted by atomic mass is 9.93. The van der Waals surface area contributed by atoms with Crippen molar-refractivity contribution >= 4 is 11.7 Å². The van der Waals surface area contributed by atoms with E-state index >= 15 is 0 Å². The molecule has 3 N–H and O–H groups in total. The van der Waals surface area contributed by atoms with Crippen LogP contribution in [-0.2, 0) is 0 Å². The molecular formula is C17H25F2N3O2. The smallest absolute Gasteiger partial charge is 0.315 e. The number of nitrogens with zero attached hydrogens (tertiary/aromatic N) is 1. The minimum Gasteiger partial charge on any atom is -0.388 e. The van der Waals surface area contributed by atoms with E-state index in [0.29, 0.717) is 19.5 Å². The van der Waals surface area contributed by atoms with Gasteiger partial charge in [0, 0.05) is 25.7 Å². The molecule has 1 aromatic rings. The molecule has 1 heterocycles. The molecule has 134 valence electrons. The highest BCUT2D eigenvalue weighted by molar-refractivity contribution is 5.74. The second kappa shape index (κ2) is 7.34. The number of para-hydroxylation sites is 1. The van der Waals surface area contributed by atoms with E-state index in [0.717, 1.165) is 0 Å². The molecule has 0 saturated carbocycles. The van der Waals surface area contributed by atoms with Crippen molar-refractivity contribution in [1.82, 2.24) is 10.6 Å². The van der Waals surface area contributed by atoms with E-state index in [-0.39, 0.29) is 24.2 Å². The Morgan fingerprint density at radius 3 is 2.62 bits per heavy atom. The molecule has 5 nitrogen and oxygen atoms in total. The Morgan fingerprint density at radius 2 is 2.04 bits per heavy atom. The van der Waals surface area contributed by atoms with Gasteiger partial charge >= 0.3 is 6.03 Å². The number of urea groups is 1. The van der Waals surface area contributed by atoms with Crippen LogP contribution >= 0.6 is 0 Å². The van der Waals surface area contributed by atoms with Gasteiger partial charge in [-0.1, -0.05) is 19.9 Å². The van der Waals surface area contributed by atoms with Crippen molar-refractivity contribution in [3.8, 4) is 0 Å². The summed E-state index contributed by atoms with van der Waals surface area (Å²) in [5, 5.41) is 15.5. The van der Waals surface area contributed by atoms with Crippen LogP contribution in [-0.4, -0.2) is 42.4 Å². The van der Waals surface area contributed by atoms with E-state index in [1.807, 2.05) is 13.8 Å². The molecule has 0 radical (unpaired) electrons. The Labute approximate surface area is 141 Å². The Morgan fingerprint density at radius 1 is 1.42 bits per heavy atom. The molecule has 0 bridgehead atoms. The third-order valence-corrected chi connectivity index (χ3v) is 4.63. The van der Waals surface area contributed by atoms with Crippen molar-refractivity contribution in [2.75, 3.05) is 24.5 Å². The van der Waals surface area contributed by atoms with Crippen LogP contribution in [0.3, 0.4) is 0 Å². The summed E-state index contributed by atoms with van der Waals surface area (Å²) >= 11 is 0. The standard InChI is InChI=1S/C17H25F2N3O2/c1-11(2)17(3,24)10-20-16(23)21-12-7-8-22(9-12)15-13(18)5-4-6-14(15)19/h4-6,11-12,24H,7-10H2,1-3H3,(H2,20,21,23). The van der Waals surface area contributed by atoms with E-state index < -0.39 is 23.3 Å². The molecule has 2 unspecified atom stereocenters. The lowest BCUT2D eigenvalue weighted by Gasteiger charge is -2.28. The van der Waals surface area contributed by atoms with Gasteiger partial charge in [-0.2, -0.15) is 0 Å². The number of amides is 2. The summed E-state index contributed by atoms with van der Waals surface area (Å²) in [7, 11) is 0. The Bertz CT molecular complexity index is 573. The highest BCUT2D eigenvalue weighted by atomic mass is 19.1. The molecular weight excluding hydrogens is 316 g/mol. The lowest BCUT2D eigenvalue weighted by Crippen LogP contribution is -2.50. The average Bonchev–Trinajstić information content (AvgIpc) is 2.93. The number of hydrogen-bond donors (Lipinski definition) is 3. The van der Waals surface area contributed by atoms with Crippen molar-refractivity contribution in [1.29, 1.82) is 0 Å². The van der Waals surface area contributed by atoms with Gasteiger partial charge in [0.25, 0.3) is 0 Å². The van der Waals surface area contributed by atoms with Gasteiger partial charge in [0.15, 0.2) is 0 Å². The third kappa shape index (κ3) is 4.35. The van der Waals surface area contributed by atoms with E-state index in [1.165, 1.54) is 18.2 Å². The van der Waals surface area contributed by atoms with E-state index in [4.69, 9.17) is 0 Å². The molecule has 0 aromatic heterocycles. The highest BCUT2D eigenvalue weighted by Gasteiger charge is 2.29. The fourth-order valence-electron chi connectivity index (χ4n) is 2.57. The number of anilines is 1. The number of benzene rings is 1. The van der Waals surface area contributed by atoms with Crippen LogP contribution in [0.2, 0.25) is 0 Å². The van der Waals surface area contributed by atoms with Gasteiger partial charge in [-0.05, 0) is 31.4 Å². The second-order valence-electron chi connectivity index (χ2n) is 6.84. The zero-order chi connectivity index (χ0) is 17.9. The van der Waals surface area contributed by atoms with Gasteiger partial charge in [0.2, 0.25) is 0 Å². The zero-order valence-corrected chi connectivity index (χ0v) is 14.3. The van der Waals surface area contributed by atoms with Gasteiger partial charge in [-0.15, -0.1) is 0 Å². The normalized spacial score (nSPS) is 20.1. The first-order chi connectivity index (χ1) is 11.2. The SMILES string of the molecule is CC(C)C(C)(O)CNC(=O)NC1CCN(c2c(F)cccc2F)C1. The molecule has 1 aromatic carbocycles. The molecule has 2 atom stereocenters. The number of hydrogen-bond acceptors (Lipinski definition) is 3. The molecule has 2 rings (SSSR count). The molecule has 2 amide bonds. The van der Waals surface area contributed by atoms with E-state index in [1.54, 1.807) is 11.8 Å². The minimum atomic E-state index is -0.991. The van der Waals surface area contributed by atoms with Crippen LogP contribution in [0.4, 0.5) is 19.3 Å². The van der Waals surface area contributed by atoms with Crippen LogP contribution in [0.1, 0.15) is 27.2 Å². The van der Waals surface area contributed by atoms with Crippen molar-refractivity contribution in [2.24, 2.45) is 5.92 Å². The molecule has 24 heavy (non-hydrogen) atoms.